The molecule has 0 atom stereocenters. The summed E-state index contributed by atoms with van der Waals surface area (Å²) < 4.78 is 23.1. The fourth-order valence-electron chi connectivity index (χ4n) is 1.38. The molecule has 0 unspecified atom stereocenters. The first-order valence-electron chi connectivity index (χ1n) is 5.44. The molecule has 0 aromatic heterocycles. The molecule has 1 N–H and O–H groups in total. The van der Waals surface area contributed by atoms with Crippen LogP contribution in [0.2, 0.25) is 0 Å². The van der Waals surface area contributed by atoms with Crippen molar-refractivity contribution >= 4 is 21.6 Å². The van der Waals surface area contributed by atoms with E-state index in [2.05, 4.69) is 0 Å². The third kappa shape index (κ3) is 3.66. The lowest BCUT2D eigenvalue weighted by Gasteiger charge is -2.03. The van der Waals surface area contributed by atoms with E-state index in [4.69, 9.17) is 5.11 Å². The van der Waals surface area contributed by atoms with Crippen molar-refractivity contribution in [2.45, 2.75) is 24.7 Å². The normalized spacial score (nSPS) is 11.2. The average molecular weight is 270 g/mol. The summed E-state index contributed by atoms with van der Waals surface area (Å²) in [5, 5.41) is 8.46. The molecule has 0 heterocycles. The number of carbonyl (C=O) groups excluding carboxylic acids is 1. The predicted molar refractivity (Wildman–Crippen MR) is 65.4 cm³/mol. The number of Topliss-reactive ketones (excluding diaryl/α,β-unsaturated/α-hetero) is 1. The summed E-state index contributed by atoms with van der Waals surface area (Å²) in [6.45, 7) is 1.54. The second-order valence-corrected chi connectivity index (χ2v) is 6.02. The molecule has 0 aliphatic rings. The SMILES string of the molecule is CCS(=O)(=O)c1ccc(C(=O)CCC(=O)O)cc1. The van der Waals surface area contributed by atoms with E-state index in [0.29, 0.717) is 5.56 Å². The molecule has 5 nitrogen and oxygen atoms in total. The molecule has 0 aliphatic carbocycles. The Bertz CT molecular complexity index is 542. The maximum Gasteiger partial charge on any atom is 0.303 e. The molecule has 0 radical (unpaired) electrons. The van der Waals surface area contributed by atoms with Crippen molar-refractivity contribution in [2.75, 3.05) is 5.75 Å². The van der Waals surface area contributed by atoms with Crippen LogP contribution < -0.4 is 0 Å². The van der Waals surface area contributed by atoms with E-state index < -0.39 is 15.8 Å². The second kappa shape index (κ2) is 5.77. The minimum absolute atomic E-state index is 0.000687. The highest BCUT2D eigenvalue weighted by Crippen LogP contribution is 2.13. The van der Waals surface area contributed by atoms with Gasteiger partial charge in [0.15, 0.2) is 15.6 Å². The Morgan fingerprint density at radius 2 is 1.67 bits per heavy atom. The summed E-state index contributed by atoms with van der Waals surface area (Å²) in [5.74, 6) is -1.34. The smallest absolute Gasteiger partial charge is 0.303 e. The van der Waals surface area contributed by atoms with E-state index >= 15 is 0 Å². The Morgan fingerprint density at radius 1 is 1.11 bits per heavy atom. The number of carboxylic acid groups (broad SMARTS) is 1. The van der Waals surface area contributed by atoms with E-state index in [1.807, 2.05) is 0 Å². The zero-order valence-corrected chi connectivity index (χ0v) is 10.7. The Labute approximate surface area is 105 Å². The first kappa shape index (κ1) is 14.4. The van der Waals surface area contributed by atoms with Gasteiger partial charge in [-0.1, -0.05) is 19.1 Å². The van der Waals surface area contributed by atoms with Crippen LogP contribution in [0, 0.1) is 0 Å². The summed E-state index contributed by atoms with van der Waals surface area (Å²) in [6, 6.07) is 5.55. The molecule has 6 heteroatoms. The van der Waals surface area contributed by atoms with Crippen LogP contribution in [0.1, 0.15) is 30.1 Å². The highest BCUT2D eigenvalue weighted by atomic mass is 32.2. The summed E-state index contributed by atoms with van der Waals surface area (Å²) in [5.41, 5.74) is 0.325. The van der Waals surface area contributed by atoms with Crippen molar-refractivity contribution in [3.8, 4) is 0 Å². The number of rotatable bonds is 6. The number of ketones is 1. The van der Waals surface area contributed by atoms with Crippen LogP contribution in [0.15, 0.2) is 29.2 Å². The summed E-state index contributed by atoms with van der Waals surface area (Å²) in [7, 11) is -3.27. The number of carbonyl (C=O) groups is 2. The van der Waals surface area contributed by atoms with Crippen LogP contribution in [0.3, 0.4) is 0 Å². The van der Waals surface area contributed by atoms with Crippen molar-refractivity contribution in [1.82, 2.24) is 0 Å². The number of carboxylic acids is 1. The van der Waals surface area contributed by atoms with Gasteiger partial charge in [0.05, 0.1) is 17.1 Å². The zero-order chi connectivity index (χ0) is 13.8. The van der Waals surface area contributed by atoms with Gasteiger partial charge < -0.3 is 5.11 Å². The highest BCUT2D eigenvalue weighted by Gasteiger charge is 2.13. The zero-order valence-electron chi connectivity index (χ0n) is 9.92. The average Bonchev–Trinajstić information content (AvgIpc) is 2.36. The highest BCUT2D eigenvalue weighted by molar-refractivity contribution is 7.91. The predicted octanol–water partition coefficient (Wildman–Crippen LogP) is 1.53. The van der Waals surface area contributed by atoms with Crippen molar-refractivity contribution in [3.63, 3.8) is 0 Å². The minimum atomic E-state index is -3.27. The minimum Gasteiger partial charge on any atom is -0.481 e. The molecule has 0 saturated carbocycles. The van der Waals surface area contributed by atoms with Crippen molar-refractivity contribution < 1.29 is 23.1 Å². The van der Waals surface area contributed by atoms with Gasteiger partial charge >= 0.3 is 5.97 Å². The van der Waals surface area contributed by atoms with Crippen LogP contribution in [0.25, 0.3) is 0 Å². The first-order chi connectivity index (χ1) is 8.36. The van der Waals surface area contributed by atoms with Gasteiger partial charge in [0.25, 0.3) is 0 Å². The van der Waals surface area contributed by atoms with Gasteiger partial charge in [-0.3, -0.25) is 9.59 Å². The van der Waals surface area contributed by atoms with Crippen molar-refractivity contribution in [2.24, 2.45) is 0 Å². The third-order valence-corrected chi connectivity index (χ3v) is 4.23. The number of hydrogen-bond donors (Lipinski definition) is 1. The fraction of sp³-hybridized carbons (Fsp3) is 0.333. The molecule has 0 spiro atoms. The van der Waals surface area contributed by atoms with Crippen LogP contribution in [0.5, 0.6) is 0 Å². The lowest BCUT2D eigenvalue weighted by atomic mass is 10.1. The Morgan fingerprint density at radius 3 is 2.11 bits per heavy atom. The molecule has 0 fully saturated rings. The third-order valence-electron chi connectivity index (χ3n) is 2.48. The van der Waals surface area contributed by atoms with Crippen LogP contribution in [-0.4, -0.2) is 31.0 Å². The molecule has 0 amide bonds. The van der Waals surface area contributed by atoms with Gasteiger partial charge in [0.1, 0.15) is 0 Å². The molecule has 0 bridgehead atoms. The lowest BCUT2D eigenvalue weighted by molar-refractivity contribution is -0.136. The Hall–Kier alpha value is -1.69. The van der Waals surface area contributed by atoms with Crippen LogP contribution >= 0.6 is 0 Å². The van der Waals surface area contributed by atoms with Crippen molar-refractivity contribution in [3.05, 3.63) is 29.8 Å². The first-order valence-corrected chi connectivity index (χ1v) is 7.10. The van der Waals surface area contributed by atoms with Gasteiger partial charge in [-0.2, -0.15) is 0 Å². The van der Waals surface area contributed by atoms with Crippen molar-refractivity contribution in [1.29, 1.82) is 0 Å². The number of sulfone groups is 1. The van der Waals surface area contributed by atoms with E-state index in [1.54, 1.807) is 6.92 Å². The standard InChI is InChI=1S/C12H14O5S/c1-2-18(16,17)10-5-3-9(4-6-10)11(13)7-8-12(14)15/h3-6H,2,7-8H2,1H3,(H,14,15). The second-order valence-electron chi connectivity index (χ2n) is 3.74. The summed E-state index contributed by atoms with van der Waals surface area (Å²) in [6.07, 6.45) is -0.316. The quantitative estimate of drug-likeness (QED) is 0.792. The summed E-state index contributed by atoms with van der Waals surface area (Å²) >= 11 is 0. The number of hydrogen-bond acceptors (Lipinski definition) is 4. The van der Waals surface area contributed by atoms with Crippen LogP contribution in [0.4, 0.5) is 0 Å². The van der Waals surface area contributed by atoms with Gasteiger partial charge in [-0.25, -0.2) is 8.42 Å². The molecular formula is C12H14O5S. The molecule has 18 heavy (non-hydrogen) atoms. The van der Waals surface area contributed by atoms with E-state index in [-0.39, 0.29) is 29.3 Å². The van der Waals surface area contributed by atoms with E-state index in [1.165, 1.54) is 24.3 Å². The molecule has 0 saturated heterocycles. The molecule has 98 valence electrons. The fourth-order valence-corrected chi connectivity index (χ4v) is 2.26. The number of benzene rings is 1. The van der Waals surface area contributed by atoms with E-state index in [9.17, 15) is 18.0 Å². The van der Waals surface area contributed by atoms with Gasteiger partial charge in [0.2, 0.25) is 0 Å². The lowest BCUT2D eigenvalue weighted by Crippen LogP contribution is -2.06. The monoisotopic (exact) mass is 270 g/mol. The molecule has 1 aromatic carbocycles. The molecule has 0 aliphatic heterocycles. The maximum atomic E-state index is 11.6. The van der Waals surface area contributed by atoms with Gasteiger partial charge in [0, 0.05) is 12.0 Å². The number of aliphatic carboxylic acids is 1. The van der Waals surface area contributed by atoms with Crippen LogP contribution in [-0.2, 0) is 14.6 Å². The Balaban J connectivity index is 2.83. The Kier molecular flexibility index (Phi) is 4.61. The van der Waals surface area contributed by atoms with Gasteiger partial charge in [-0.05, 0) is 12.1 Å². The topological polar surface area (TPSA) is 88.5 Å². The molecule has 1 aromatic rings. The molecule has 1 rings (SSSR count). The van der Waals surface area contributed by atoms with Gasteiger partial charge in [-0.15, -0.1) is 0 Å². The largest absolute Gasteiger partial charge is 0.481 e. The maximum absolute atomic E-state index is 11.6. The molecular weight excluding hydrogens is 256 g/mol. The summed E-state index contributed by atoms with van der Waals surface area (Å²) in [4.78, 5) is 22.1. The van der Waals surface area contributed by atoms with E-state index in [0.717, 1.165) is 0 Å².